The third-order valence-electron chi connectivity index (χ3n) is 5.07. The van der Waals surface area contributed by atoms with Crippen LogP contribution in [0.1, 0.15) is 62.6 Å². The summed E-state index contributed by atoms with van der Waals surface area (Å²) in [4.78, 5) is 11.3. The number of amides is 2. The van der Waals surface area contributed by atoms with Crippen LogP contribution in [0.4, 0.5) is 9.18 Å². The maximum absolute atomic E-state index is 13.1. The summed E-state index contributed by atoms with van der Waals surface area (Å²) in [5.41, 5.74) is 8.08. The molecule has 2 aromatic carbocycles. The van der Waals surface area contributed by atoms with E-state index in [-0.39, 0.29) is 11.7 Å². The summed E-state index contributed by atoms with van der Waals surface area (Å²) < 4.78 is 13.1. The van der Waals surface area contributed by atoms with E-state index in [0.29, 0.717) is 6.42 Å². The fraction of sp³-hybridized carbons (Fsp3) is 0.435. The molecule has 2 unspecified atom stereocenters. The van der Waals surface area contributed by atoms with E-state index in [4.69, 9.17) is 5.73 Å². The van der Waals surface area contributed by atoms with Crippen LogP contribution in [0.5, 0.6) is 0 Å². The highest BCUT2D eigenvalue weighted by Crippen LogP contribution is 2.47. The highest BCUT2D eigenvalue weighted by Gasteiger charge is 2.41. The van der Waals surface area contributed by atoms with Crippen molar-refractivity contribution in [1.82, 2.24) is 10.6 Å². The average molecular weight is 386 g/mol. The second kappa shape index (κ2) is 10.2. The third kappa shape index (κ3) is 5.55. The van der Waals surface area contributed by atoms with Gasteiger partial charge in [0.2, 0.25) is 0 Å². The number of rotatable bonds is 6. The van der Waals surface area contributed by atoms with Crippen molar-refractivity contribution in [3.05, 3.63) is 71.0 Å². The number of fused-ring (bicyclic) bond motifs is 1. The molecule has 4 N–H and O–H groups in total. The van der Waals surface area contributed by atoms with Crippen molar-refractivity contribution in [2.75, 3.05) is 13.1 Å². The molecule has 0 heterocycles. The van der Waals surface area contributed by atoms with Crippen LogP contribution in [0, 0.1) is 5.82 Å². The zero-order valence-corrected chi connectivity index (χ0v) is 17.1. The second-order valence-corrected chi connectivity index (χ2v) is 7.47. The molecule has 28 heavy (non-hydrogen) atoms. The van der Waals surface area contributed by atoms with E-state index in [1.165, 1.54) is 38.1 Å². The van der Waals surface area contributed by atoms with E-state index in [1.54, 1.807) is 12.1 Å². The number of primary amides is 1. The highest BCUT2D eigenvalue weighted by molar-refractivity contribution is 5.73. The van der Waals surface area contributed by atoms with Gasteiger partial charge < -0.3 is 16.4 Å². The molecule has 152 valence electrons. The Morgan fingerprint density at radius 2 is 1.71 bits per heavy atom. The first-order valence-corrected chi connectivity index (χ1v) is 10.0. The Kier molecular flexibility index (Phi) is 8.00. The molecule has 3 rings (SSSR count). The fourth-order valence-electron chi connectivity index (χ4n) is 3.79. The quantitative estimate of drug-likeness (QED) is 0.634. The number of urea groups is 1. The summed E-state index contributed by atoms with van der Waals surface area (Å²) >= 11 is 0. The number of carbonyl (C=O) groups excluding carboxylic acids is 1. The van der Waals surface area contributed by atoms with Crippen LogP contribution < -0.4 is 16.4 Å². The zero-order valence-electron chi connectivity index (χ0n) is 17.1. The van der Waals surface area contributed by atoms with Crippen LogP contribution in [-0.4, -0.2) is 19.1 Å². The van der Waals surface area contributed by atoms with Gasteiger partial charge in [-0.1, -0.05) is 50.2 Å². The minimum absolute atomic E-state index is 0.124. The Labute approximate surface area is 167 Å². The topological polar surface area (TPSA) is 67.1 Å². The monoisotopic (exact) mass is 385 g/mol. The predicted octanol–water partition coefficient (Wildman–Crippen LogP) is 4.64. The second-order valence-electron chi connectivity index (χ2n) is 7.47. The van der Waals surface area contributed by atoms with Gasteiger partial charge >= 0.3 is 6.03 Å². The summed E-state index contributed by atoms with van der Waals surface area (Å²) in [5, 5.41) is 6.13. The van der Waals surface area contributed by atoms with Crippen LogP contribution in [0.2, 0.25) is 0 Å². The summed E-state index contributed by atoms with van der Waals surface area (Å²) in [6, 6.07) is 14.0. The van der Waals surface area contributed by atoms with Gasteiger partial charge in [-0.25, -0.2) is 9.18 Å². The molecule has 5 heteroatoms. The fourth-order valence-corrected chi connectivity index (χ4v) is 3.79. The Bertz CT molecular complexity index is 759. The van der Waals surface area contributed by atoms with Gasteiger partial charge in [0.1, 0.15) is 5.82 Å². The van der Waals surface area contributed by atoms with E-state index in [2.05, 4.69) is 30.5 Å². The smallest absolute Gasteiger partial charge is 0.312 e. The summed E-state index contributed by atoms with van der Waals surface area (Å²) in [6.45, 7) is 8.69. The number of halogens is 1. The lowest BCUT2D eigenvalue weighted by Crippen LogP contribution is -2.44. The average Bonchev–Trinajstić information content (AvgIpc) is 2.96. The molecule has 2 atom stereocenters. The van der Waals surface area contributed by atoms with Crippen molar-refractivity contribution in [2.45, 2.75) is 51.5 Å². The maximum Gasteiger partial charge on any atom is 0.312 e. The summed E-state index contributed by atoms with van der Waals surface area (Å²) in [6.07, 6.45) is 3.21. The van der Waals surface area contributed by atoms with E-state index in [9.17, 15) is 9.18 Å². The molecule has 0 saturated carbocycles. The van der Waals surface area contributed by atoms with Crippen LogP contribution in [0.25, 0.3) is 0 Å². The number of benzene rings is 2. The number of hydrogen-bond donors (Lipinski definition) is 3. The lowest BCUT2D eigenvalue weighted by Gasteiger charge is -2.26. The first kappa shape index (κ1) is 21.9. The molecule has 0 fully saturated rings. The van der Waals surface area contributed by atoms with Crippen molar-refractivity contribution in [1.29, 1.82) is 0 Å². The lowest BCUT2D eigenvalue weighted by atomic mass is 9.91. The lowest BCUT2D eigenvalue weighted by molar-refractivity contribution is 0.235. The van der Waals surface area contributed by atoms with E-state index < -0.39 is 11.6 Å². The minimum atomic E-state index is -0.535. The highest BCUT2D eigenvalue weighted by atomic mass is 19.1. The van der Waals surface area contributed by atoms with Crippen LogP contribution in [0.3, 0.4) is 0 Å². The van der Waals surface area contributed by atoms with Crippen LogP contribution in [0.15, 0.2) is 48.5 Å². The Balaban J connectivity index is 0.000000345. The van der Waals surface area contributed by atoms with Gasteiger partial charge in [-0.3, -0.25) is 0 Å². The number of nitrogens with two attached hydrogens (primary N) is 1. The molecule has 0 aliphatic heterocycles. The van der Waals surface area contributed by atoms with Crippen molar-refractivity contribution < 1.29 is 9.18 Å². The van der Waals surface area contributed by atoms with Gasteiger partial charge in [-0.2, -0.15) is 0 Å². The Morgan fingerprint density at radius 1 is 1.11 bits per heavy atom. The van der Waals surface area contributed by atoms with E-state index >= 15 is 0 Å². The summed E-state index contributed by atoms with van der Waals surface area (Å²) in [7, 11) is 0. The van der Waals surface area contributed by atoms with Gasteiger partial charge in [0, 0.05) is 5.92 Å². The van der Waals surface area contributed by atoms with E-state index in [1.807, 2.05) is 25.1 Å². The first-order valence-electron chi connectivity index (χ1n) is 10.0. The molecular formula is C23H32FN3O. The summed E-state index contributed by atoms with van der Waals surface area (Å²) in [5.74, 6) is -0.123. The minimum Gasteiger partial charge on any atom is -0.352 e. The molecule has 0 aromatic heterocycles. The van der Waals surface area contributed by atoms with Gasteiger partial charge in [0.15, 0.2) is 0 Å². The molecule has 0 spiro atoms. The number of hydrogen-bond acceptors (Lipinski definition) is 2. The van der Waals surface area contributed by atoms with Gasteiger partial charge in [-0.05, 0) is 68.1 Å². The first-order chi connectivity index (χ1) is 13.4. The Hall–Kier alpha value is -2.40. The molecule has 2 amide bonds. The SMILES string of the molecule is CC1(NC(N)=O)CC(c2ccc(F)cc2)c2ccccc21.CCCNCCC. The molecule has 1 aliphatic carbocycles. The van der Waals surface area contributed by atoms with Gasteiger partial charge in [-0.15, -0.1) is 0 Å². The van der Waals surface area contributed by atoms with Gasteiger partial charge in [0.05, 0.1) is 5.54 Å². The third-order valence-corrected chi connectivity index (χ3v) is 5.07. The molecule has 0 radical (unpaired) electrons. The molecule has 2 aromatic rings. The predicted molar refractivity (Wildman–Crippen MR) is 113 cm³/mol. The zero-order chi connectivity index (χ0) is 20.6. The largest absolute Gasteiger partial charge is 0.352 e. The Morgan fingerprint density at radius 3 is 2.29 bits per heavy atom. The van der Waals surface area contributed by atoms with Crippen LogP contribution >= 0.6 is 0 Å². The van der Waals surface area contributed by atoms with Gasteiger partial charge in [0.25, 0.3) is 0 Å². The number of carbonyl (C=O) groups is 1. The maximum atomic E-state index is 13.1. The van der Waals surface area contributed by atoms with Crippen molar-refractivity contribution >= 4 is 6.03 Å². The van der Waals surface area contributed by atoms with Crippen molar-refractivity contribution in [3.63, 3.8) is 0 Å². The molecule has 0 bridgehead atoms. The van der Waals surface area contributed by atoms with Crippen LogP contribution in [-0.2, 0) is 5.54 Å². The molecule has 0 saturated heterocycles. The molecule has 4 nitrogen and oxygen atoms in total. The van der Waals surface area contributed by atoms with Crippen molar-refractivity contribution in [3.8, 4) is 0 Å². The van der Waals surface area contributed by atoms with E-state index in [0.717, 1.165) is 16.7 Å². The molecular weight excluding hydrogens is 353 g/mol. The molecule has 1 aliphatic rings. The standard InChI is InChI=1S/C17H17FN2O.C6H15N/c1-17(20-16(19)21)10-14(11-6-8-12(18)9-7-11)13-4-2-3-5-15(13)17;1-3-5-7-6-4-2/h2-9,14H,10H2,1H3,(H3,19,20,21);7H,3-6H2,1-2H3. The van der Waals surface area contributed by atoms with Crippen molar-refractivity contribution in [2.24, 2.45) is 5.73 Å². The normalized spacial score (nSPS) is 20.1. The number of nitrogens with one attached hydrogen (secondary N) is 2.